The van der Waals surface area contributed by atoms with Crippen LogP contribution in [0, 0.1) is 28.1 Å². The standard InChI is InChI=1S/C22H42N2OS/c1-7-10-13-21(4,5)17-24-20(25)19(16-23)12-15-26-18-22(6,9-3)14-11-8-2/h19H,7-15,17-18H2,1-6H3,(H,24,25). The Morgan fingerprint density at radius 1 is 1.12 bits per heavy atom. The normalized spacial score (nSPS) is 15.1. The number of carbonyl (C=O) groups is 1. The van der Waals surface area contributed by atoms with Crippen molar-refractivity contribution in [3.63, 3.8) is 0 Å². The van der Waals surface area contributed by atoms with Crippen LogP contribution in [0.15, 0.2) is 0 Å². The molecule has 1 N–H and O–H groups in total. The maximum absolute atomic E-state index is 12.3. The van der Waals surface area contributed by atoms with E-state index in [1.807, 2.05) is 11.8 Å². The Bertz CT molecular complexity index is 430. The molecule has 0 aromatic carbocycles. The molecule has 0 aromatic heterocycles. The fourth-order valence-electron chi connectivity index (χ4n) is 2.92. The van der Waals surface area contributed by atoms with Crippen LogP contribution in [0.2, 0.25) is 0 Å². The minimum atomic E-state index is -0.520. The van der Waals surface area contributed by atoms with E-state index in [1.165, 1.54) is 38.5 Å². The number of amides is 1. The average molecular weight is 383 g/mol. The molecule has 0 rings (SSSR count). The molecule has 2 unspecified atom stereocenters. The molecule has 2 atom stereocenters. The number of nitrogens with one attached hydrogen (secondary N) is 1. The lowest BCUT2D eigenvalue weighted by atomic mass is 9.84. The fourth-order valence-corrected chi connectivity index (χ4v) is 4.31. The second-order valence-electron chi connectivity index (χ2n) is 8.78. The van der Waals surface area contributed by atoms with Gasteiger partial charge in [-0.05, 0) is 48.0 Å². The molecule has 0 bridgehead atoms. The highest BCUT2D eigenvalue weighted by Crippen LogP contribution is 2.32. The van der Waals surface area contributed by atoms with Gasteiger partial charge in [0.1, 0.15) is 5.92 Å². The monoisotopic (exact) mass is 382 g/mol. The summed E-state index contributed by atoms with van der Waals surface area (Å²) in [6, 6.07) is 2.20. The third-order valence-corrected chi connectivity index (χ3v) is 6.83. The Morgan fingerprint density at radius 3 is 2.27 bits per heavy atom. The van der Waals surface area contributed by atoms with E-state index in [4.69, 9.17) is 0 Å². The summed E-state index contributed by atoms with van der Waals surface area (Å²) in [7, 11) is 0. The summed E-state index contributed by atoms with van der Waals surface area (Å²) < 4.78 is 0. The molecule has 0 saturated heterocycles. The largest absolute Gasteiger partial charge is 0.354 e. The first-order valence-electron chi connectivity index (χ1n) is 10.5. The van der Waals surface area contributed by atoms with Crippen LogP contribution >= 0.6 is 11.8 Å². The number of rotatable bonds is 15. The number of hydrogen-bond acceptors (Lipinski definition) is 3. The molecule has 0 spiro atoms. The van der Waals surface area contributed by atoms with E-state index < -0.39 is 5.92 Å². The predicted octanol–water partition coefficient (Wildman–Crippen LogP) is 6.19. The van der Waals surface area contributed by atoms with Crippen molar-refractivity contribution < 1.29 is 4.79 Å². The second kappa shape index (κ2) is 13.5. The molecule has 0 aliphatic rings. The lowest BCUT2D eigenvalue weighted by Gasteiger charge is -2.28. The Hall–Kier alpha value is -0.690. The molecule has 3 nitrogen and oxygen atoms in total. The van der Waals surface area contributed by atoms with Crippen LogP contribution in [-0.4, -0.2) is 24.0 Å². The van der Waals surface area contributed by atoms with Gasteiger partial charge in [0.15, 0.2) is 0 Å². The van der Waals surface area contributed by atoms with Gasteiger partial charge >= 0.3 is 0 Å². The van der Waals surface area contributed by atoms with Gasteiger partial charge < -0.3 is 5.32 Å². The van der Waals surface area contributed by atoms with Crippen LogP contribution in [0.3, 0.4) is 0 Å². The molecule has 0 aliphatic carbocycles. The summed E-state index contributed by atoms with van der Waals surface area (Å²) in [5.41, 5.74) is 0.483. The highest BCUT2D eigenvalue weighted by molar-refractivity contribution is 7.99. The van der Waals surface area contributed by atoms with E-state index >= 15 is 0 Å². The van der Waals surface area contributed by atoms with Gasteiger partial charge in [0, 0.05) is 6.54 Å². The van der Waals surface area contributed by atoms with Gasteiger partial charge in [-0.2, -0.15) is 17.0 Å². The molecule has 152 valence electrons. The van der Waals surface area contributed by atoms with E-state index in [0.717, 1.165) is 17.9 Å². The average Bonchev–Trinajstić information content (AvgIpc) is 2.63. The number of thioether (sulfide) groups is 1. The van der Waals surface area contributed by atoms with E-state index in [-0.39, 0.29) is 11.3 Å². The molecular weight excluding hydrogens is 340 g/mol. The topological polar surface area (TPSA) is 52.9 Å². The first kappa shape index (κ1) is 25.3. The van der Waals surface area contributed by atoms with Crippen molar-refractivity contribution in [2.75, 3.05) is 18.1 Å². The zero-order valence-corrected chi connectivity index (χ0v) is 18.9. The molecule has 0 saturated carbocycles. The maximum atomic E-state index is 12.3. The number of unbranched alkanes of at least 4 members (excludes halogenated alkanes) is 2. The zero-order valence-electron chi connectivity index (χ0n) is 18.1. The molecule has 0 aromatic rings. The van der Waals surface area contributed by atoms with Gasteiger partial charge in [-0.15, -0.1) is 0 Å². The van der Waals surface area contributed by atoms with Gasteiger partial charge in [-0.1, -0.05) is 67.2 Å². The third kappa shape index (κ3) is 11.1. The van der Waals surface area contributed by atoms with Crippen molar-refractivity contribution in [1.29, 1.82) is 5.26 Å². The number of carbonyl (C=O) groups excluding carboxylic acids is 1. The van der Waals surface area contributed by atoms with Gasteiger partial charge in [-0.25, -0.2) is 0 Å². The van der Waals surface area contributed by atoms with Crippen molar-refractivity contribution in [3.05, 3.63) is 0 Å². The first-order valence-corrected chi connectivity index (χ1v) is 11.6. The summed E-state index contributed by atoms with van der Waals surface area (Å²) in [6.45, 7) is 14.1. The molecule has 1 amide bonds. The highest BCUT2D eigenvalue weighted by atomic mass is 32.2. The van der Waals surface area contributed by atoms with Gasteiger partial charge in [0.25, 0.3) is 0 Å². The summed E-state index contributed by atoms with van der Waals surface area (Å²) in [4.78, 5) is 12.3. The SMILES string of the molecule is CCCCC(C)(C)CNC(=O)C(C#N)CCSCC(C)(CC)CCCC. The highest BCUT2D eigenvalue weighted by Gasteiger charge is 2.24. The molecule has 4 heteroatoms. The smallest absolute Gasteiger partial charge is 0.237 e. The summed E-state index contributed by atoms with van der Waals surface area (Å²) >= 11 is 1.90. The van der Waals surface area contributed by atoms with Crippen molar-refractivity contribution in [2.24, 2.45) is 16.7 Å². The molecule has 0 radical (unpaired) electrons. The van der Waals surface area contributed by atoms with Crippen molar-refractivity contribution >= 4 is 17.7 Å². The molecular formula is C22H42N2OS. The minimum absolute atomic E-state index is 0.0955. The first-order chi connectivity index (χ1) is 12.2. The Kier molecular flexibility index (Phi) is 13.1. The van der Waals surface area contributed by atoms with Crippen LogP contribution in [0.1, 0.15) is 92.9 Å². The van der Waals surface area contributed by atoms with Gasteiger partial charge in [0.2, 0.25) is 5.91 Å². The van der Waals surface area contributed by atoms with Crippen LogP contribution in [-0.2, 0) is 4.79 Å². The third-order valence-electron chi connectivity index (χ3n) is 5.41. The quantitative estimate of drug-likeness (QED) is 0.344. The van der Waals surface area contributed by atoms with Crippen LogP contribution < -0.4 is 5.32 Å². The lowest BCUT2D eigenvalue weighted by Crippen LogP contribution is -2.37. The number of nitrogens with zero attached hydrogens (tertiary/aromatic N) is 1. The summed E-state index contributed by atoms with van der Waals surface area (Å²) in [5, 5.41) is 12.4. The van der Waals surface area contributed by atoms with Crippen molar-refractivity contribution in [2.45, 2.75) is 92.9 Å². The molecule has 0 fully saturated rings. The molecule has 26 heavy (non-hydrogen) atoms. The van der Waals surface area contributed by atoms with Crippen LogP contribution in [0.5, 0.6) is 0 Å². The zero-order chi connectivity index (χ0) is 20.1. The van der Waals surface area contributed by atoms with Gasteiger partial charge in [0.05, 0.1) is 6.07 Å². The van der Waals surface area contributed by atoms with E-state index in [1.54, 1.807) is 0 Å². The number of hydrogen-bond donors (Lipinski definition) is 1. The van der Waals surface area contributed by atoms with Crippen molar-refractivity contribution in [3.8, 4) is 6.07 Å². The van der Waals surface area contributed by atoms with Crippen LogP contribution in [0.4, 0.5) is 0 Å². The number of nitriles is 1. The fraction of sp³-hybridized carbons (Fsp3) is 0.909. The lowest BCUT2D eigenvalue weighted by molar-refractivity contribution is -0.123. The minimum Gasteiger partial charge on any atom is -0.354 e. The van der Waals surface area contributed by atoms with Crippen LogP contribution in [0.25, 0.3) is 0 Å². The Morgan fingerprint density at radius 2 is 1.73 bits per heavy atom. The summed E-state index contributed by atoms with van der Waals surface area (Å²) in [5.74, 6) is 1.38. The van der Waals surface area contributed by atoms with E-state index in [0.29, 0.717) is 18.4 Å². The summed E-state index contributed by atoms with van der Waals surface area (Å²) in [6.07, 6.45) is 9.07. The Labute approximate surface area is 167 Å². The van der Waals surface area contributed by atoms with Gasteiger partial charge in [-0.3, -0.25) is 4.79 Å². The molecule has 0 aliphatic heterocycles. The van der Waals surface area contributed by atoms with E-state index in [9.17, 15) is 10.1 Å². The molecule has 0 heterocycles. The van der Waals surface area contributed by atoms with Crippen molar-refractivity contribution in [1.82, 2.24) is 5.32 Å². The predicted molar refractivity (Wildman–Crippen MR) is 115 cm³/mol. The second-order valence-corrected chi connectivity index (χ2v) is 9.88. The maximum Gasteiger partial charge on any atom is 0.237 e. The Balaban J connectivity index is 4.25. The van der Waals surface area contributed by atoms with E-state index in [2.05, 4.69) is 52.9 Å².